The normalized spacial score (nSPS) is 10.5. The lowest BCUT2D eigenvalue weighted by atomic mass is 10.2. The van der Waals surface area contributed by atoms with Crippen molar-refractivity contribution in [2.45, 2.75) is 0 Å². The molecule has 0 spiro atoms. The smallest absolute Gasteiger partial charge is 0.365 e. The zero-order chi connectivity index (χ0) is 14.7. The lowest BCUT2D eigenvalue weighted by Crippen LogP contribution is -3.62. The zero-order valence-electron chi connectivity index (χ0n) is 10.9. The van der Waals surface area contributed by atoms with Crippen LogP contribution >= 0.6 is 0 Å². The first-order chi connectivity index (χ1) is 10.2. The van der Waals surface area contributed by atoms with E-state index in [1.54, 1.807) is 0 Å². The first-order valence-electron chi connectivity index (χ1n) is 6.30. The summed E-state index contributed by atoms with van der Waals surface area (Å²) in [6.45, 7) is 0. The second kappa shape index (κ2) is 6.09. The summed E-state index contributed by atoms with van der Waals surface area (Å²) in [7, 11) is 0. The minimum Gasteiger partial charge on any atom is -0.855 e. The van der Waals surface area contributed by atoms with Gasteiger partial charge in [0, 0.05) is 5.56 Å². The van der Waals surface area contributed by atoms with Gasteiger partial charge in [0.15, 0.2) is 3.57 Å². The quantitative estimate of drug-likeness (QED) is 0.562. The van der Waals surface area contributed by atoms with Crippen LogP contribution in [0.3, 0.4) is 0 Å². The molecule has 3 rings (SSSR count). The number of aromatic amines is 1. The van der Waals surface area contributed by atoms with Crippen LogP contribution in [0, 0.1) is 7.14 Å². The summed E-state index contributed by atoms with van der Waals surface area (Å²) in [5, 5.41) is 12.1. The Bertz CT molecular complexity index is 802. The molecule has 0 bridgehead atoms. The Kier molecular flexibility index (Phi) is 4.01. The monoisotopic (exact) mass is 390 g/mol. The van der Waals surface area contributed by atoms with E-state index >= 15 is 0 Å². The molecule has 0 saturated carbocycles. The second-order valence-corrected chi connectivity index (χ2v) is 7.15. The van der Waals surface area contributed by atoms with Crippen molar-refractivity contribution in [3.8, 4) is 17.3 Å². The Morgan fingerprint density at radius 3 is 2.19 bits per heavy atom. The van der Waals surface area contributed by atoms with E-state index in [0.717, 1.165) is 9.13 Å². The molecule has 21 heavy (non-hydrogen) atoms. The van der Waals surface area contributed by atoms with Crippen molar-refractivity contribution in [2.24, 2.45) is 0 Å². The fraction of sp³-hybridized carbons (Fsp3) is 0. The number of rotatable bonds is 3. The molecule has 0 saturated heterocycles. The molecule has 104 valence electrons. The Morgan fingerprint density at radius 2 is 1.57 bits per heavy atom. The van der Waals surface area contributed by atoms with E-state index < -0.39 is 27.1 Å². The van der Waals surface area contributed by atoms with Crippen molar-refractivity contribution < 1.29 is 26.3 Å². The van der Waals surface area contributed by atoms with E-state index in [9.17, 15) is 9.90 Å². The molecular weight excluding hydrogens is 379 g/mol. The minimum absolute atomic E-state index is 0.277. The van der Waals surface area contributed by atoms with E-state index in [2.05, 4.69) is 9.97 Å². The Morgan fingerprint density at radius 1 is 0.952 bits per heavy atom. The van der Waals surface area contributed by atoms with E-state index in [1.165, 1.54) is 0 Å². The van der Waals surface area contributed by atoms with E-state index in [1.807, 2.05) is 60.7 Å². The van der Waals surface area contributed by atoms with Gasteiger partial charge in [0.1, 0.15) is 5.82 Å². The van der Waals surface area contributed by atoms with Gasteiger partial charge in [0.05, 0.1) is 5.88 Å². The lowest BCUT2D eigenvalue weighted by molar-refractivity contribution is -0.606. The third kappa shape index (κ3) is 3.13. The molecule has 0 unspecified atom stereocenters. The third-order valence-electron chi connectivity index (χ3n) is 2.82. The molecule has 0 aliphatic carbocycles. The summed E-state index contributed by atoms with van der Waals surface area (Å²) in [5.74, 6) is -0.0966. The van der Waals surface area contributed by atoms with Crippen molar-refractivity contribution in [2.75, 3.05) is 0 Å². The molecule has 0 amide bonds. The van der Waals surface area contributed by atoms with Crippen LogP contribution in [0.4, 0.5) is 0 Å². The Hall–Kier alpha value is -2.15. The molecule has 1 heterocycles. The largest absolute Gasteiger partial charge is 0.855 e. The number of benzene rings is 2. The summed E-state index contributed by atoms with van der Waals surface area (Å²) in [4.78, 5) is 18.9. The van der Waals surface area contributed by atoms with Crippen molar-refractivity contribution in [1.29, 1.82) is 0 Å². The van der Waals surface area contributed by atoms with Gasteiger partial charge in [-0.1, -0.05) is 48.5 Å². The maximum Gasteiger partial charge on any atom is 0.365 e. The van der Waals surface area contributed by atoms with E-state index in [0.29, 0.717) is 5.82 Å². The number of nitrogens with one attached hydrogen (secondary N) is 1. The first kappa shape index (κ1) is 13.8. The molecule has 0 radical (unpaired) electrons. The fourth-order valence-electron chi connectivity index (χ4n) is 1.84. The predicted molar refractivity (Wildman–Crippen MR) is 73.6 cm³/mol. The van der Waals surface area contributed by atoms with Crippen molar-refractivity contribution in [3.05, 3.63) is 78.2 Å². The van der Waals surface area contributed by atoms with Gasteiger partial charge in [-0.25, -0.2) is 4.98 Å². The zero-order valence-corrected chi connectivity index (χ0v) is 13.1. The second-order valence-electron chi connectivity index (χ2n) is 4.29. The predicted octanol–water partition coefficient (Wildman–Crippen LogP) is -1.36. The molecule has 4 nitrogen and oxygen atoms in total. The standard InChI is InChI=1S/C16H11IN2O2/c20-15-13(17-12-9-5-2-6-10-12)16(21)19-14(18-15)11-7-3-1-4-8-11/h1-10H,(H-,18,19,20,21). The summed E-state index contributed by atoms with van der Waals surface area (Å²) in [6, 6.07) is 18.7. The number of hydrogen-bond acceptors (Lipinski definition) is 3. The molecule has 2 aromatic carbocycles. The number of aromatic nitrogens is 2. The number of hydrogen-bond donors (Lipinski definition) is 1. The van der Waals surface area contributed by atoms with Crippen LogP contribution in [0.25, 0.3) is 11.4 Å². The van der Waals surface area contributed by atoms with Crippen molar-refractivity contribution >= 4 is 0 Å². The van der Waals surface area contributed by atoms with E-state index in [-0.39, 0.29) is 9.13 Å². The molecule has 0 aliphatic rings. The number of nitrogens with zero attached hydrogens (tertiary/aromatic N) is 1. The first-order valence-corrected chi connectivity index (χ1v) is 8.46. The van der Waals surface area contributed by atoms with Crippen LogP contribution in [0.2, 0.25) is 0 Å². The summed E-state index contributed by atoms with van der Waals surface area (Å²) < 4.78 is 1.30. The van der Waals surface area contributed by atoms with Gasteiger partial charge in [-0.05, 0) is 12.1 Å². The molecule has 1 aromatic heterocycles. The average molecular weight is 390 g/mol. The highest BCUT2D eigenvalue weighted by Crippen LogP contribution is 2.13. The Balaban J connectivity index is 1.99. The fourth-order valence-corrected chi connectivity index (χ4v) is 3.97. The SMILES string of the molecule is O=c1[nH]c(-c2ccccc2)nc([O-])c1[I+]c1ccccc1. The van der Waals surface area contributed by atoms with Crippen LogP contribution < -0.4 is 31.9 Å². The highest BCUT2D eigenvalue weighted by Gasteiger charge is 2.22. The topological polar surface area (TPSA) is 68.8 Å². The highest BCUT2D eigenvalue weighted by atomic mass is 127. The van der Waals surface area contributed by atoms with E-state index in [4.69, 9.17) is 0 Å². The number of H-pyrrole nitrogens is 1. The molecule has 1 N–H and O–H groups in total. The third-order valence-corrected chi connectivity index (χ3v) is 5.65. The van der Waals surface area contributed by atoms with Gasteiger partial charge in [-0.3, -0.25) is 4.79 Å². The Labute approximate surface area is 131 Å². The summed E-state index contributed by atoms with van der Waals surface area (Å²) >= 11 is -0.816. The van der Waals surface area contributed by atoms with Crippen LogP contribution in [0.15, 0.2) is 65.5 Å². The molecule has 0 aliphatic heterocycles. The maximum absolute atomic E-state index is 12.2. The molecule has 5 heteroatoms. The van der Waals surface area contributed by atoms with Crippen molar-refractivity contribution in [1.82, 2.24) is 9.97 Å². The molecular formula is C16H11IN2O2. The van der Waals surface area contributed by atoms with Crippen LogP contribution in [-0.2, 0) is 0 Å². The van der Waals surface area contributed by atoms with Crippen molar-refractivity contribution in [3.63, 3.8) is 0 Å². The van der Waals surface area contributed by atoms with Gasteiger partial charge in [-0.2, -0.15) is 0 Å². The molecule has 0 fully saturated rings. The van der Waals surface area contributed by atoms with Gasteiger partial charge >= 0.3 is 26.8 Å². The lowest BCUT2D eigenvalue weighted by Gasteiger charge is -2.06. The maximum atomic E-state index is 12.2. The molecule has 0 atom stereocenters. The number of halogens is 1. The van der Waals surface area contributed by atoms with Crippen LogP contribution in [0.1, 0.15) is 0 Å². The summed E-state index contributed by atoms with van der Waals surface area (Å²) in [6.07, 6.45) is 0. The van der Waals surface area contributed by atoms with Crippen LogP contribution in [-0.4, -0.2) is 9.97 Å². The van der Waals surface area contributed by atoms with Gasteiger partial charge in [0.25, 0.3) is 3.57 Å². The van der Waals surface area contributed by atoms with Gasteiger partial charge < -0.3 is 10.1 Å². The summed E-state index contributed by atoms with van der Waals surface area (Å²) in [5.41, 5.74) is 0.404. The highest BCUT2D eigenvalue weighted by molar-refractivity contribution is 5.54. The average Bonchev–Trinajstić information content (AvgIpc) is 2.52. The van der Waals surface area contributed by atoms with Gasteiger partial charge in [0.2, 0.25) is 0 Å². The van der Waals surface area contributed by atoms with Gasteiger partial charge in [-0.15, -0.1) is 0 Å². The van der Waals surface area contributed by atoms with Crippen LogP contribution in [0.5, 0.6) is 5.88 Å². The minimum atomic E-state index is -0.816. The molecule has 3 aromatic rings.